The second-order valence-electron chi connectivity index (χ2n) is 6.78. The van der Waals surface area contributed by atoms with Gasteiger partial charge in [-0.25, -0.2) is 0 Å². The van der Waals surface area contributed by atoms with E-state index in [1.165, 1.54) is 5.56 Å². The van der Waals surface area contributed by atoms with Gasteiger partial charge in [0.05, 0.1) is 12.2 Å². The van der Waals surface area contributed by atoms with Crippen LogP contribution in [0, 0.1) is 13.8 Å². The van der Waals surface area contributed by atoms with Crippen LogP contribution in [0.4, 0.5) is 0 Å². The maximum Gasteiger partial charge on any atom is 0.224 e. The Labute approximate surface area is 141 Å². The van der Waals surface area contributed by atoms with Gasteiger partial charge in [0, 0.05) is 49.6 Å². The zero-order valence-corrected chi connectivity index (χ0v) is 14.1. The monoisotopic (exact) mass is 326 g/mol. The van der Waals surface area contributed by atoms with E-state index in [0.717, 1.165) is 36.5 Å². The minimum atomic E-state index is 0.237. The second kappa shape index (κ2) is 6.02. The molecule has 2 fully saturated rings. The number of likely N-dealkylation sites (tertiary alicyclic amines) is 2. The molecule has 4 rings (SSSR count). The van der Waals surface area contributed by atoms with E-state index < -0.39 is 0 Å². The Morgan fingerprint density at radius 1 is 1.29 bits per heavy atom. The molecule has 2 aromatic rings. The molecule has 2 saturated heterocycles. The Hall–Kier alpha value is -2.21. The molecule has 4 heterocycles. The number of carbonyl (C=O) groups excluding carboxylic acids is 1. The fourth-order valence-corrected chi connectivity index (χ4v) is 4.04. The van der Waals surface area contributed by atoms with Gasteiger partial charge in [0.25, 0.3) is 0 Å². The summed E-state index contributed by atoms with van der Waals surface area (Å²) in [5.74, 6) is 1.05. The van der Waals surface area contributed by atoms with Crippen LogP contribution in [-0.4, -0.2) is 44.5 Å². The highest BCUT2D eigenvalue weighted by atomic mass is 16.5. The summed E-state index contributed by atoms with van der Waals surface area (Å²) in [7, 11) is 0. The zero-order chi connectivity index (χ0) is 16.7. The molecular weight excluding hydrogens is 304 g/mol. The van der Waals surface area contributed by atoms with Gasteiger partial charge in [0.1, 0.15) is 5.76 Å². The molecule has 0 radical (unpaired) electrons. The lowest BCUT2D eigenvalue weighted by Gasteiger charge is -2.25. The average Bonchev–Trinajstić information content (AvgIpc) is 3.20. The van der Waals surface area contributed by atoms with E-state index >= 15 is 0 Å². The molecule has 0 bridgehead atoms. The molecule has 0 spiro atoms. The van der Waals surface area contributed by atoms with E-state index in [1.54, 1.807) is 6.20 Å². The van der Waals surface area contributed by atoms with Crippen LogP contribution >= 0.6 is 0 Å². The van der Waals surface area contributed by atoms with Crippen molar-refractivity contribution >= 4 is 5.91 Å². The number of nitrogens with zero attached hydrogens (tertiary/aromatic N) is 4. The van der Waals surface area contributed by atoms with Crippen molar-refractivity contribution in [2.24, 2.45) is 0 Å². The first-order valence-corrected chi connectivity index (χ1v) is 8.47. The highest BCUT2D eigenvalue weighted by Crippen LogP contribution is 2.35. The van der Waals surface area contributed by atoms with Crippen LogP contribution in [0.3, 0.4) is 0 Å². The first-order chi connectivity index (χ1) is 11.6. The average molecular weight is 326 g/mol. The predicted molar refractivity (Wildman–Crippen MR) is 88.0 cm³/mol. The van der Waals surface area contributed by atoms with Gasteiger partial charge in [0.15, 0.2) is 0 Å². The summed E-state index contributed by atoms with van der Waals surface area (Å²) in [6, 6.07) is 4.66. The molecule has 0 N–H and O–H groups in total. The molecule has 24 heavy (non-hydrogen) atoms. The Balaban J connectivity index is 1.49. The van der Waals surface area contributed by atoms with E-state index in [0.29, 0.717) is 25.0 Å². The molecule has 2 aliphatic heterocycles. The largest absolute Gasteiger partial charge is 0.361 e. The summed E-state index contributed by atoms with van der Waals surface area (Å²) in [5.41, 5.74) is 3.14. The Morgan fingerprint density at radius 3 is 2.88 bits per heavy atom. The minimum Gasteiger partial charge on any atom is -0.361 e. The summed E-state index contributed by atoms with van der Waals surface area (Å²) in [6.07, 6.45) is 5.33. The van der Waals surface area contributed by atoms with Gasteiger partial charge in [0.2, 0.25) is 5.91 Å². The standard InChI is InChI=1S/C18H22N4O2/c1-12-15(13(2)24-20-12)11-22-16-5-7-21(17(16)8-18(22)23)10-14-4-3-6-19-9-14/h3-4,6,9,16-17H,5,7-8,10-11H2,1-2H3/t16-,17-/m0/s1. The third kappa shape index (κ3) is 2.60. The van der Waals surface area contributed by atoms with Gasteiger partial charge in [-0.2, -0.15) is 0 Å². The van der Waals surface area contributed by atoms with Gasteiger partial charge in [-0.15, -0.1) is 0 Å². The summed E-state index contributed by atoms with van der Waals surface area (Å²) in [6.45, 7) is 6.35. The van der Waals surface area contributed by atoms with Crippen molar-refractivity contribution < 1.29 is 9.32 Å². The SMILES string of the molecule is Cc1noc(C)c1CN1C(=O)C[C@H]2[C@@H]1CCN2Cc1cccnc1. The van der Waals surface area contributed by atoms with Crippen molar-refractivity contribution in [3.63, 3.8) is 0 Å². The third-order valence-corrected chi connectivity index (χ3v) is 5.35. The van der Waals surface area contributed by atoms with Gasteiger partial charge in [-0.05, 0) is 31.9 Å². The maximum atomic E-state index is 12.6. The van der Waals surface area contributed by atoms with Crippen molar-refractivity contribution in [1.82, 2.24) is 19.9 Å². The topological polar surface area (TPSA) is 62.5 Å². The summed E-state index contributed by atoms with van der Waals surface area (Å²) < 4.78 is 5.25. The van der Waals surface area contributed by atoms with Crippen LogP contribution in [0.1, 0.15) is 35.4 Å². The van der Waals surface area contributed by atoms with E-state index in [1.807, 2.05) is 31.0 Å². The molecular formula is C18H22N4O2. The first-order valence-electron chi connectivity index (χ1n) is 8.47. The van der Waals surface area contributed by atoms with E-state index in [-0.39, 0.29) is 5.91 Å². The van der Waals surface area contributed by atoms with Crippen LogP contribution < -0.4 is 0 Å². The number of carbonyl (C=O) groups is 1. The number of pyridine rings is 1. The molecule has 2 aliphatic rings. The minimum absolute atomic E-state index is 0.237. The maximum absolute atomic E-state index is 12.6. The van der Waals surface area contributed by atoms with Gasteiger partial charge < -0.3 is 9.42 Å². The number of hydrogen-bond donors (Lipinski definition) is 0. The number of fused-ring (bicyclic) bond motifs is 1. The van der Waals surface area contributed by atoms with E-state index in [2.05, 4.69) is 21.1 Å². The highest BCUT2D eigenvalue weighted by Gasteiger charge is 2.46. The second-order valence-corrected chi connectivity index (χ2v) is 6.78. The lowest BCUT2D eigenvalue weighted by atomic mass is 10.1. The fraction of sp³-hybridized carbons (Fsp3) is 0.500. The predicted octanol–water partition coefficient (Wildman–Crippen LogP) is 2.06. The van der Waals surface area contributed by atoms with E-state index in [9.17, 15) is 4.79 Å². The molecule has 126 valence electrons. The summed E-state index contributed by atoms with van der Waals surface area (Å²) >= 11 is 0. The molecule has 6 nitrogen and oxygen atoms in total. The zero-order valence-electron chi connectivity index (χ0n) is 14.1. The summed E-state index contributed by atoms with van der Waals surface area (Å²) in [4.78, 5) is 21.2. The van der Waals surface area contributed by atoms with E-state index in [4.69, 9.17) is 4.52 Å². The van der Waals surface area contributed by atoms with Crippen molar-refractivity contribution in [2.45, 2.75) is 51.9 Å². The third-order valence-electron chi connectivity index (χ3n) is 5.35. The lowest BCUT2D eigenvalue weighted by molar-refractivity contribution is -0.129. The first kappa shape index (κ1) is 15.3. The number of hydrogen-bond acceptors (Lipinski definition) is 5. The van der Waals surface area contributed by atoms with Gasteiger partial charge >= 0.3 is 0 Å². The number of amides is 1. The Morgan fingerprint density at radius 2 is 2.17 bits per heavy atom. The molecule has 6 heteroatoms. The highest BCUT2D eigenvalue weighted by molar-refractivity contribution is 5.80. The van der Waals surface area contributed by atoms with Crippen molar-refractivity contribution in [3.05, 3.63) is 47.1 Å². The molecule has 0 aliphatic carbocycles. The molecule has 2 aromatic heterocycles. The number of rotatable bonds is 4. The Bertz CT molecular complexity index is 723. The van der Waals surface area contributed by atoms with Gasteiger partial charge in [-0.1, -0.05) is 11.2 Å². The van der Waals surface area contributed by atoms with Crippen LogP contribution in [0.2, 0.25) is 0 Å². The molecule has 0 aromatic carbocycles. The van der Waals surface area contributed by atoms with Crippen molar-refractivity contribution in [1.29, 1.82) is 0 Å². The Kier molecular flexibility index (Phi) is 3.84. The smallest absolute Gasteiger partial charge is 0.224 e. The number of aryl methyl sites for hydroxylation is 2. The number of aromatic nitrogens is 2. The van der Waals surface area contributed by atoms with Gasteiger partial charge in [-0.3, -0.25) is 14.7 Å². The van der Waals surface area contributed by atoms with Crippen molar-refractivity contribution in [2.75, 3.05) is 6.54 Å². The van der Waals surface area contributed by atoms with Crippen LogP contribution in [0.25, 0.3) is 0 Å². The van der Waals surface area contributed by atoms with Crippen LogP contribution in [0.5, 0.6) is 0 Å². The fourth-order valence-electron chi connectivity index (χ4n) is 4.04. The summed E-state index contributed by atoms with van der Waals surface area (Å²) in [5, 5.41) is 4.01. The molecule has 2 atom stereocenters. The van der Waals surface area contributed by atoms with Crippen LogP contribution in [0.15, 0.2) is 29.0 Å². The van der Waals surface area contributed by atoms with Crippen LogP contribution in [-0.2, 0) is 17.9 Å². The quantitative estimate of drug-likeness (QED) is 0.860. The lowest BCUT2D eigenvalue weighted by Crippen LogP contribution is -2.36. The molecule has 0 unspecified atom stereocenters. The van der Waals surface area contributed by atoms with Crippen molar-refractivity contribution in [3.8, 4) is 0 Å². The normalized spacial score (nSPS) is 23.9. The molecule has 0 saturated carbocycles. The molecule has 1 amide bonds.